The van der Waals surface area contributed by atoms with Crippen LogP contribution in [0.1, 0.15) is 30.1 Å². The van der Waals surface area contributed by atoms with Crippen molar-refractivity contribution in [2.24, 2.45) is 5.73 Å². The van der Waals surface area contributed by atoms with Gasteiger partial charge in [0.15, 0.2) is 0 Å². The maximum Gasteiger partial charge on any atom is 0.0830 e. The Morgan fingerprint density at radius 1 is 1.29 bits per heavy atom. The van der Waals surface area contributed by atoms with E-state index in [0.717, 1.165) is 12.8 Å². The molecule has 2 atom stereocenters. The molecule has 0 saturated carbocycles. The van der Waals surface area contributed by atoms with Gasteiger partial charge in [-0.05, 0) is 25.3 Å². The van der Waals surface area contributed by atoms with E-state index < -0.39 is 0 Å². The number of rotatable bonds is 2. The molecule has 2 nitrogen and oxygen atoms in total. The standard InChI is InChI=1S/C12H17NO/c1-9-2-4-10(5-3-9)12-7-6-11(8-13)14-12/h2-5,11-12H,6-8,13H2,1H3/t11-,12?/m1/s1. The summed E-state index contributed by atoms with van der Waals surface area (Å²) in [5, 5.41) is 0. The first-order valence-electron chi connectivity index (χ1n) is 5.21. The van der Waals surface area contributed by atoms with E-state index in [2.05, 4.69) is 31.2 Å². The van der Waals surface area contributed by atoms with E-state index >= 15 is 0 Å². The number of ether oxygens (including phenoxy) is 1. The molecular formula is C12H17NO. The molecule has 0 radical (unpaired) electrons. The van der Waals surface area contributed by atoms with Crippen LogP contribution in [0.2, 0.25) is 0 Å². The summed E-state index contributed by atoms with van der Waals surface area (Å²) in [4.78, 5) is 0. The molecule has 1 aliphatic heterocycles. The third-order valence-electron chi connectivity index (χ3n) is 2.82. The fraction of sp³-hybridized carbons (Fsp3) is 0.500. The van der Waals surface area contributed by atoms with Gasteiger partial charge in [-0.1, -0.05) is 29.8 Å². The highest BCUT2D eigenvalue weighted by Crippen LogP contribution is 2.32. The molecule has 1 aromatic rings. The lowest BCUT2D eigenvalue weighted by Crippen LogP contribution is -2.18. The van der Waals surface area contributed by atoms with Gasteiger partial charge in [-0.15, -0.1) is 0 Å². The molecule has 1 aromatic carbocycles. The highest BCUT2D eigenvalue weighted by atomic mass is 16.5. The van der Waals surface area contributed by atoms with Gasteiger partial charge in [0, 0.05) is 6.54 Å². The second-order valence-electron chi connectivity index (χ2n) is 3.97. The third kappa shape index (κ3) is 1.97. The second kappa shape index (κ2) is 4.11. The highest BCUT2D eigenvalue weighted by molar-refractivity contribution is 5.23. The average molecular weight is 191 g/mol. The van der Waals surface area contributed by atoms with Gasteiger partial charge < -0.3 is 10.5 Å². The molecular weight excluding hydrogens is 174 g/mol. The zero-order valence-corrected chi connectivity index (χ0v) is 8.57. The average Bonchev–Trinajstić information content (AvgIpc) is 2.67. The van der Waals surface area contributed by atoms with Crippen LogP contribution in [0.5, 0.6) is 0 Å². The van der Waals surface area contributed by atoms with Crippen LogP contribution >= 0.6 is 0 Å². The van der Waals surface area contributed by atoms with Crippen LogP contribution < -0.4 is 5.73 Å². The highest BCUT2D eigenvalue weighted by Gasteiger charge is 2.24. The fourth-order valence-corrected chi connectivity index (χ4v) is 1.91. The van der Waals surface area contributed by atoms with Gasteiger partial charge in [0.1, 0.15) is 0 Å². The molecule has 76 valence electrons. The second-order valence-corrected chi connectivity index (χ2v) is 3.97. The Morgan fingerprint density at radius 2 is 2.00 bits per heavy atom. The van der Waals surface area contributed by atoms with Crippen LogP contribution in [0, 0.1) is 6.92 Å². The summed E-state index contributed by atoms with van der Waals surface area (Å²) in [6.45, 7) is 2.74. The van der Waals surface area contributed by atoms with Gasteiger partial charge in [-0.3, -0.25) is 0 Å². The maximum absolute atomic E-state index is 5.81. The van der Waals surface area contributed by atoms with E-state index in [4.69, 9.17) is 10.5 Å². The topological polar surface area (TPSA) is 35.2 Å². The number of hydrogen-bond donors (Lipinski definition) is 1. The monoisotopic (exact) mass is 191 g/mol. The van der Waals surface area contributed by atoms with E-state index in [1.807, 2.05) is 0 Å². The molecule has 1 saturated heterocycles. The lowest BCUT2D eigenvalue weighted by Gasteiger charge is -2.12. The van der Waals surface area contributed by atoms with E-state index in [9.17, 15) is 0 Å². The van der Waals surface area contributed by atoms with Crippen molar-refractivity contribution in [3.63, 3.8) is 0 Å². The van der Waals surface area contributed by atoms with Crippen LogP contribution in [0.25, 0.3) is 0 Å². The lowest BCUT2D eigenvalue weighted by atomic mass is 10.0. The van der Waals surface area contributed by atoms with Crippen LogP contribution in [-0.4, -0.2) is 12.6 Å². The number of nitrogens with two attached hydrogens (primary N) is 1. The van der Waals surface area contributed by atoms with E-state index in [0.29, 0.717) is 6.54 Å². The van der Waals surface area contributed by atoms with Gasteiger partial charge in [0.2, 0.25) is 0 Å². The fourth-order valence-electron chi connectivity index (χ4n) is 1.91. The van der Waals surface area contributed by atoms with Crippen LogP contribution in [-0.2, 0) is 4.74 Å². The molecule has 1 heterocycles. The number of aryl methyl sites for hydroxylation is 1. The van der Waals surface area contributed by atoms with E-state index in [1.165, 1.54) is 11.1 Å². The minimum absolute atomic E-state index is 0.265. The van der Waals surface area contributed by atoms with Crippen molar-refractivity contribution in [1.29, 1.82) is 0 Å². The summed E-state index contributed by atoms with van der Waals surface area (Å²) in [6, 6.07) is 8.57. The molecule has 0 spiro atoms. The molecule has 2 rings (SSSR count). The Hall–Kier alpha value is -0.860. The van der Waals surface area contributed by atoms with Gasteiger partial charge in [-0.2, -0.15) is 0 Å². The molecule has 2 N–H and O–H groups in total. The molecule has 0 aliphatic carbocycles. The largest absolute Gasteiger partial charge is 0.369 e. The predicted molar refractivity (Wildman–Crippen MR) is 57.1 cm³/mol. The summed E-state index contributed by atoms with van der Waals surface area (Å²) in [7, 11) is 0. The molecule has 0 amide bonds. The SMILES string of the molecule is Cc1ccc(C2CC[C@H](CN)O2)cc1. The van der Waals surface area contributed by atoms with Crippen molar-refractivity contribution < 1.29 is 4.74 Å². The summed E-state index contributed by atoms with van der Waals surface area (Å²) in [6.07, 6.45) is 2.73. The molecule has 14 heavy (non-hydrogen) atoms. The number of benzene rings is 1. The Kier molecular flexibility index (Phi) is 2.85. The molecule has 0 bridgehead atoms. The minimum atomic E-state index is 0.265. The summed E-state index contributed by atoms with van der Waals surface area (Å²) in [5.41, 5.74) is 8.15. The van der Waals surface area contributed by atoms with Crippen molar-refractivity contribution in [2.45, 2.75) is 32.0 Å². The first-order chi connectivity index (χ1) is 6.79. The molecule has 1 unspecified atom stereocenters. The van der Waals surface area contributed by atoms with E-state index in [1.54, 1.807) is 0 Å². The quantitative estimate of drug-likeness (QED) is 0.777. The minimum Gasteiger partial charge on any atom is -0.369 e. The smallest absolute Gasteiger partial charge is 0.0830 e. The maximum atomic E-state index is 5.81. The van der Waals surface area contributed by atoms with Crippen molar-refractivity contribution in [3.05, 3.63) is 35.4 Å². The van der Waals surface area contributed by atoms with Crippen LogP contribution in [0.3, 0.4) is 0 Å². The van der Waals surface area contributed by atoms with Gasteiger partial charge in [-0.25, -0.2) is 0 Å². The van der Waals surface area contributed by atoms with Gasteiger partial charge >= 0.3 is 0 Å². The summed E-state index contributed by atoms with van der Waals surface area (Å²) < 4.78 is 5.81. The summed E-state index contributed by atoms with van der Waals surface area (Å²) in [5.74, 6) is 0. The summed E-state index contributed by atoms with van der Waals surface area (Å²) >= 11 is 0. The van der Waals surface area contributed by atoms with Gasteiger partial charge in [0.05, 0.1) is 12.2 Å². The molecule has 2 heteroatoms. The Morgan fingerprint density at radius 3 is 2.57 bits per heavy atom. The first-order valence-corrected chi connectivity index (χ1v) is 5.21. The van der Waals surface area contributed by atoms with Gasteiger partial charge in [0.25, 0.3) is 0 Å². The Labute approximate surface area is 85.1 Å². The van der Waals surface area contributed by atoms with Crippen LogP contribution in [0.15, 0.2) is 24.3 Å². The zero-order valence-electron chi connectivity index (χ0n) is 8.57. The van der Waals surface area contributed by atoms with Crippen LogP contribution in [0.4, 0.5) is 0 Å². The third-order valence-corrected chi connectivity index (χ3v) is 2.82. The predicted octanol–water partition coefficient (Wildman–Crippen LogP) is 2.17. The van der Waals surface area contributed by atoms with Crippen molar-refractivity contribution in [1.82, 2.24) is 0 Å². The molecule has 0 aromatic heterocycles. The lowest BCUT2D eigenvalue weighted by molar-refractivity contribution is 0.0498. The normalized spacial score (nSPS) is 26.7. The number of hydrogen-bond acceptors (Lipinski definition) is 2. The zero-order chi connectivity index (χ0) is 9.97. The Bertz CT molecular complexity index is 294. The molecule has 1 fully saturated rings. The Balaban J connectivity index is 2.06. The van der Waals surface area contributed by atoms with Crippen molar-refractivity contribution >= 4 is 0 Å². The van der Waals surface area contributed by atoms with Crippen molar-refractivity contribution in [2.75, 3.05) is 6.54 Å². The van der Waals surface area contributed by atoms with E-state index in [-0.39, 0.29) is 12.2 Å². The molecule has 1 aliphatic rings. The first kappa shape index (κ1) is 9.69. The van der Waals surface area contributed by atoms with Crippen molar-refractivity contribution in [3.8, 4) is 0 Å².